The lowest BCUT2D eigenvalue weighted by atomic mass is 10.1. The van der Waals surface area contributed by atoms with Crippen molar-refractivity contribution in [3.63, 3.8) is 0 Å². The molecule has 1 aliphatic heterocycles. The predicted molar refractivity (Wildman–Crippen MR) is 106 cm³/mol. The van der Waals surface area contributed by atoms with E-state index in [0.29, 0.717) is 24.8 Å². The molecule has 2 atom stereocenters. The average Bonchev–Trinajstić information content (AvgIpc) is 3.27. The molecule has 2 unspecified atom stereocenters. The summed E-state index contributed by atoms with van der Waals surface area (Å²) in [5.74, 6) is 1.49. The van der Waals surface area contributed by atoms with E-state index in [1.54, 1.807) is 19.2 Å². The van der Waals surface area contributed by atoms with Crippen LogP contribution in [0.4, 0.5) is 0 Å². The van der Waals surface area contributed by atoms with Gasteiger partial charge in [-0.2, -0.15) is 0 Å². The first-order chi connectivity index (χ1) is 11.7. The summed E-state index contributed by atoms with van der Waals surface area (Å²) in [6.45, 7) is 3.51. The van der Waals surface area contributed by atoms with Crippen molar-refractivity contribution in [1.82, 2.24) is 15.1 Å². The van der Waals surface area contributed by atoms with Crippen LogP contribution in [0.15, 0.2) is 27.8 Å². The van der Waals surface area contributed by atoms with Gasteiger partial charge in [0.05, 0.1) is 12.4 Å². The third kappa shape index (κ3) is 4.87. The second kappa shape index (κ2) is 9.42. The van der Waals surface area contributed by atoms with Crippen molar-refractivity contribution in [2.75, 3.05) is 39.8 Å². The number of aliphatic hydroxyl groups is 1. The number of guanidine groups is 1. The van der Waals surface area contributed by atoms with Crippen LogP contribution in [0.25, 0.3) is 0 Å². The van der Waals surface area contributed by atoms with Crippen molar-refractivity contribution in [2.45, 2.75) is 25.4 Å². The van der Waals surface area contributed by atoms with Gasteiger partial charge in [-0.15, -0.1) is 24.0 Å². The molecule has 1 amide bonds. The maximum absolute atomic E-state index is 12.3. The summed E-state index contributed by atoms with van der Waals surface area (Å²) in [7, 11) is 1.77. The van der Waals surface area contributed by atoms with Gasteiger partial charge in [0.15, 0.2) is 11.7 Å². The van der Waals surface area contributed by atoms with Gasteiger partial charge in [0, 0.05) is 45.7 Å². The Morgan fingerprint density at radius 2 is 2.04 bits per heavy atom. The number of hydrogen-bond acceptors (Lipinski definition) is 4. The Morgan fingerprint density at radius 3 is 2.60 bits per heavy atom. The first-order valence-electron chi connectivity index (χ1n) is 8.65. The molecule has 140 valence electrons. The van der Waals surface area contributed by atoms with Crippen LogP contribution in [0.2, 0.25) is 0 Å². The van der Waals surface area contributed by atoms with Gasteiger partial charge in [0.1, 0.15) is 0 Å². The lowest BCUT2D eigenvalue weighted by Gasteiger charge is -2.36. The van der Waals surface area contributed by atoms with Gasteiger partial charge in [-0.3, -0.25) is 9.79 Å². The van der Waals surface area contributed by atoms with Crippen LogP contribution in [-0.4, -0.2) is 72.6 Å². The molecule has 1 saturated carbocycles. The van der Waals surface area contributed by atoms with E-state index in [0.717, 1.165) is 44.9 Å². The number of hydrogen-bond donors (Lipinski definition) is 2. The Labute approximate surface area is 165 Å². The van der Waals surface area contributed by atoms with Gasteiger partial charge in [0.25, 0.3) is 5.91 Å². The fraction of sp³-hybridized carbons (Fsp3) is 0.647. The van der Waals surface area contributed by atoms with E-state index in [-0.39, 0.29) is 36.0 Å². The number of piperazine rings is 1. The Balaban J connectivity index is 0.00000225. The van der Waals surface area contributed by atoms with Crippen molar-refractivity contribution in [2.24, 2.45) is 10.9 Å². The number of halogens is 1. The molecule has 0 aromatic carbocycles. The Morgan fingerprint density at radius 1 is 1.32 bits per heavy atom. The number of aliphatic imine (C=N–C) groups is 1. The minimum atomic E-state index is -0.196. The number of carbonyl (C=O) groups excluding carboxylic acids is 1. The molecule has 2 N–H and O–H groups in total. The van der Waals surface area contributed by atoms with E-state index in [2.05, 4.69) is 15.2 Å². The Bertz CT molecular complexity index is 570. The molecule has 25 heavy (non-hydrogen) atoms. The number of amides is 1. The molecule has 2 aliphatic rings. The van der Waals surface area contributed by atoms with Crippen LogP contribution in [0.5, 0.6) is 0 Å². The minimum Gasteiger partial charge on any atom is -0.459 e. The maximum atomic E-state index is 12.3. The number of rotatable bonds is 3. The second-order valence-electron chi connectivity index (χ2n) is 6.44. The van der Waals surface area contributed by atoms with E-state index in [9.17, 15) is 9.90 Å². The summed E-state index contributed by atoms with van der Waals surface area (Å²) < 4.78 is 5.18. The molecule has 1 saturated heterocycles. The summed E-state index contributed by atoms with van der Waals surface area (Å²) in [5.41, 5.74) is 0. The van der Waals surface area contributed by atoms with E-state index < -0.39 is 0 Å². The van der Waals surface area contributed by atoms with E-state index >= 15 is 0 Å². The fourth-order valence-corrected chi connectivity index (χ4v) is 3.49. The molecular formula is C17H27IN4O3. The highest BCUT2D eigenvalue weighted by Gasteiger charge is 2.27. The highest BCUT2D eigenvalue weighted by atomic mass is 127. The van der Waals surface area contributed by atoms with Crippen LogP contribution in [0.1, 0.15) is 29.8 Å². The Kier molecular flexibility index (Phi) is 7.55. The molecule has 1 aromatic heterocycles. The lowest BCUT2D eigenvalue weighted by molar-refractivity contribution is 0.0657. The highest BCUT2D eigenvalue weighted by Crippen LogP contribution is 2.24. The van der Waals surface area contributed by atoms with Crippen LogP contribution < -0.4 is 5.32 Å². The monoisotopic (exact) mass is 462 g/mol. The number of furan rings is 1. The van der Waals surface area contributed by atoms with Crippen molar-refractivity contribution in [3.8, 4) is 0 Å². The number of nitrogens with zero attached hydrogens (tertiary/aromatic N) is 3. The van der Waals surface area contributed by atoms with Crippen molar-refractivity contribution >= 4 is 35.8 Å². The molecule has 0 bridgehead atoms. The van der Waals surface area contributed by atoms with E-state index in [1.165, 1.54) is 6.26 Å². The smallest absolute Gasteiger partial charge is 0.289 e. The summed E-state index contributed by atoms with van der Waals surface area (Å²) in [4.78, 5) is 20.6. The third-order valence-electron chi connectivity index (χ3n) is 4.95. The van der Waals surface area contributed by atoms with Crippen LogP contribution in [-0.2, 0) is 0 Å². The summed E-state index contributed by atoms with van der Waals surface area (Å²) in [5, 5.41) is 13.3. The topological polar surface area (TPSA) is 81.3 Å². The predicted octanol–water partition coefficient (Wildman–Crippen LogP) is 1.39. The zero-order chi connectivity index (χ0) is 16.9. The Hall–Kier alpha value is -1.29. The van der Waals surface area contributed by atoms with Gasteiger partial charge in [0.2, 0.25) is 0 Å². The molecule has 2 fully saturated rings. The van der Waals surface area contributed by atoms with E-state index in [1.807, 2.05) is 4.90 Å². The first kappa shape index (κ1) is 20.0. The summed E-state index contributed by atoms with van der Waals surface area (Å²) in [6, 6.07) is 3.43. The normalized spacial score (nSPS) is 24.2. The van der Waals surface area contributed by atoms with Crippen LogP contribution in [0, 0.1) is 5.92 Å². The average molecular weight is 462 g/mol. The summed E-state index contributed by atoms with van der Waals surface area (Å²) in [6.07, 6.45) is 4.39. The van der Waals surface area contributed by atoms with Crippen molar-refractivity contribution < 1.29 is 14.3 Å². The first-order valence-corrected chi connectivity index (χ1v) is 8.65. The van der Waals surface area contributed by atoms with Crippen LogP contribution >= 0.6 is 24.0 Å². The largest absolute Gasteiger partial charge is 0.459 e. The number of aliphatic hydroxyl groups excluding tert-OH is 1. The van der Waals surface area contributed by atoms with E-state index in [4.69, 9.17) is 4.42 Å². The maximum Gasteiger partial charge on any atom is 0.289 e. The zero-order valence-corrected chi connectivity index (χ0v) is 16.9. The molecule has 7 nitrogen and oxygen atoms in total. The lowest BCUT2D eigenvalue weighted by Crippen LogP contribution is -2.54. The van der Waals surface area contributed by atoms with Crippen LogP contribution in [0.3, 0.4) is 0 Å². The summed E-state index contributed by atoms with van der Waals surface area (Å²) >= 11 is 0. The van der Waals surface area contributed by atoms with Gasteiger partial charge in [-0.25, -0.2) is 0 Å². The van der Waals surface area contributed by atoms with Gasteiger partial charge in [-0.05, 0) is 25.0 Å². The van der Waals surface area contributed by atoms with Gasteiger partial charge >= 0.3 is 0 Å². The standard InChI is InChI=1S/C17H26N4O3.HI/c1-18-17(19-12-13-4-2-5-14(13)22)21-9-7-20(8-10-21)16(23)15-6-3-11-24-15;/h3,6,11,13-14,22H,2,4-5,7-10,12H2,1H3,(H,18,19);1H. The molecule has 2 heterocycles. The number of nitrogens with one attached hydrogen (secondary N) is 1. The molecule has 8 heteroatoms. The molecular weight excluding hydrogens is 435 g/mol. The zero-order valence-electron chi connectivity index (χ0n) is 14.6. The van der Waals surface area contributed by atoms with Crippen molar-refractivity contribution in [3.05, 3.63) is 24.2 Å². The minimum absolute atomic E-state index is 0. The van der Waals surface area contributed by atoms with Crippen molar-refractivity contribution in [1.29, 1.82) is 0 Å². The van der Waals surface area contributed by atoms with Gasteiger partial charge in [-0.1, -0.05) is 6.42 Å². The molecule has 0 radical (unpaired) electrons. The number of carbonyl (C=O) groups is 1. The quantitative estimate of drug-likeness (QED) is 0.403. The molecule has 1 aromatic rings. The molecule has 0 spiro atoms. The SMILES string of the molecule is CN=C(NCC1CCCC1O)N1CCN(C(=O)c2ccco2)CC1.I. The molecule has 3 rings (SSSR count). The fourth-order valence-electron chi connectivity index (χ4n) is 3.49. The second-order valence-corrected chi connectivity index (χ2v) is 6.44. The third-order valence-corrected chi connectivity index (χ3v) is 4.95. The molecule has 1 aliphatic carbocycles. The van der Waals surface area contributed by atoms with Gasteiger partial charge < -0.3 is 24.6 Å². The highest BCUT2D eigenvalue weighted by molar-refractivity contribution is 14.0.